The quantitative estimate of drug-likeness (QED) is 0.460. The number of hydrogen-bond acceptors (Lipinski definition) is 6. The number of aryl methyl sites for hydroxylation is 1. The molecule has 174 valence electrons. The van der Waals surface area contributed by atoms with E-state index in [4.69, 9.17) is 14.2 Å². The average Bonchev–Trinajstić information content (AvgIpc) is 2.81. The van der Waals surface area contributed by atoms with E-state index in [9.17, 15) is 13.2 Å². The number of nitrogens with one attached hydrogen (secondary N) is 2. The molecule has 3 aromatic rings. The summed E-state index contributed by atoms with van der Waals surface area (Å²) in [6, 6.07) is 18.4. The Kier molecular flexibility index (Phi) is 7.78. The Morgan fingerprint density at radius 2 is 1.48 bits per heavy atom. The zero-order valence-electron chi connectivity index (χ0n) is 18.6. The number of rotatable bonds is 10. The molecule has 0 saturated carbocycles. The fourth-order valence-electron chi connectivity index (χ4n) is 3.04. The van der Waals surface area contributed by atoms with E-state index in [0.717, 1.165) is 5.56 Å². The molecule has 8 nitrogen and oxygen atoms in total. The second-order valence-corrected chi connectivity index (χ2v) is 8.76. The lowest BCUT2D eigenvalue weighted by molar-refractivity contribution is -0.116. The molecule has 0 unspecified atom stereocenters. The van der Waals surface area contributed by atoms with Crippen molar-refractivity contribution < 1.29 is 27.4 Å². The van der Waals surface area contributed by atoms with Gasteiger partial charge in [-0.2, -0.15) is 0 Å². The van der Waals surface area contributed by atoms with Crippen LogP contribution in [0, 0.1) is 6.92 Å². The highest BCUT2D eigenvalue weighted by Crippen LogP contribution is 2.28. The van der Waals surface area contributed by atoms with Gasteiger partial charge in [-0.05, 0) is 48.9 Å². The highest BCUT2D eigenvalue weighted by Gasteiger charge is 2.18. The van der Waals surface area contributed by atoms with Gasteiger partial charge >= 0.3 is 0 Å². The van der Waals surface area contributed by atoms with Crippen molar-refractivity contribution in [2.75, 3.05) is 30.9 Å². The molecule has 0 heterocycles. The Balaban J connectivity index is 1.67. The van der Waals surface area contributed by atoms with Crippen LogP contribution in [0.3, 0.4) is 0 Å². The molecule has 0 spiro atoms. The minimum absolute atomic E-state index is 0.0135. The van der Waals surface area contributed by atoms with Gasteiger partial charge in [0.1, 0.15) is 5.75 Å². The van der Waals surface area contributed by atoms with Gasteiger partial charge in [-0.15, -0.1) is 0 Å². The summed E-state index contributed by atoms with van der Waals surface area (Å²) in [4.78, 5) is 12.5. The van der Waals surface area contributed by atoms with Crippen LogP contribution < -0.4 is 24.2 Å². The van der Waals surface area contributed by atoms with Crippen LogP contribution in [0.4, 0.5) is 11.4 Å². The van der Waals surface area contributed by atoms with Crippen molar-refractivity contribution in [3.05, 3.63) is 72.3 Å². The van der Waals surface area contributed by atoms with E-state index in [-0.39, 0.29) is 23.8 Å². The van der Waals surface area contributed by atoms with E-state index in [1.807, 2.05) is 12.1 Å². The number of carbonyl (C=O) groups is 1. The van der Waals surface area contributed by atoms with Crippen molar-refractivity contribution in [2.24, 2.45) is 0 Å². The number of amides is 1. The molecule has 0 radical (unpaired) electrons. The minimum atomic E-state index is -3.90. The third-order valence-electron chi connectivity index (χ3n) is 4.80. The largest absolute Gasteiger partial charge is 0.495 e. The van der Waals surface area contributed by atoms with Gasteiger partial charge in [-0.1, -0.05) is 30.3 Å². The van der Waals surface area contributed by atoms with Crippen molar-refractivity contribution in [1.29, 1.82) is 0 Å². The smallest absolute Gasteiger partial charge is 0.262 e. The van der Waals surface area contributed by atoms with Crippen LogP contribution in [0.25, 0.3) is 0 Å². The van der Waals surface area contributed by atoms with Crippen LogP contribution in [-0.4, -0.2) is 35.2 Å². The van der Waals surface area contributed by atoms with Crippen LogP contribution in [-0.2, 0) is 14.8 Å². The molecule has 0 aliphatic heterocycles. The van der Waals surface area contributed by atoms with Crippen LogP contribution >= 0.6 is 0 Å². The molecule has 0 aliphatic rings. The topological polar surface area (TPSA) is 103 Å². The molecule has 3 aromatic carbocycles. The number of para-hydroxylation sites is 4. The summed E-state index contributed by atoms with van der Waals surface area (Å²) in [6.07, 6.45) is 0.0773. The average molecular weight is 471 g/mol. The normalized spacial score (nSPS) is 10.9. The summed E-state index contributed by atoms with van der Waals surface area (Å²) in [5.74, 6) is 1.21. The molecule has 0 bridgehead atoms. The number of carbonyl (C=O) groups excluding carboxylic acids is 1. The standard InChI is InChI=1S/C24H26N2O6S/c1-17-12-13-18(33(28,29)26-19-8-4-5-9-21(19)30-2)16-20(17)25-24(27)14-15-32-23-11-7-6-10-22(23)31-3/h4-13,16,26H,14-15H2,1-3H3,(H,25,27). The van der Waals surface area contributed by atoms with Crippen LogP contribution in [0.15, 0.2) is 71.6 Å². The number of sulfonamides is 1. The molecule has 9 heteroatoms. The second kappa shape index (κ2) is 10.7. The number of ether oxygens (including phenoxy) is 3. The predicted molar refractivity (Wildman–Crippen MR) is 127 cm³/mol. The van der Waals surface area contributed by atoms with Gasteiger partial charge in [-0.25, -0.2) is 8.42 Å². The molecule has 0 aliphatic carbocycles. The first-order valence-corrected chi connectivity index (χ1v) is 11.6. The summed E-state index contributed by atoms with van der Waals surface area (Å²) >= 11 is 0. The lowest BCUT2D eigenvalue weighted by Gasteiger charge is -2.14. The molecule has 0 fully saturated rings. The lowest BCUT2D eigenvalue weighted by Crippen LogP contribution is -2.17. The van der Waals surface area contributed by atoms with Crippen LogP contribution in [0.1, 0.15) is 12.0 Å². The molecule has 2 N–H and O–H groups in total. The van der Waals surface area contributed by atoms with E-state index in [1.165, 1.54) is 19.2 Å². The van der Waals surface area contributed by atoms with E-state index < -0.39 is 10.0 Å². The first-order chi connectivity index (χ1) is 15.8. The second-order valence-electron chi connectivity index (χ2n) is 7.08. The third-order valence-corrected chi connectivity index (χ3v) is 6.16. The fraction of sp³-hybridized carbons (Fsp3) is 0.208. The van der Waals surface area contributed by atoms with Gasteiger partial charge in [0.2, 0.25) is 5.91 Å². The Morgan fingerprint density at radius 3 is 2.18 bits per heavy atom. The fourth-order valence-corrected chi connectivity index (χ4v) is 4.14. The minimum Gasteiger partial charge on any atom is -0.495 e. The molecular weight excluding hydrogens is 444 g/mol. The Bertz CT molecular complexity index is 1230. The summed E-state index contributed by atoms with van der Waals surface area (Å²) in [7, 11) is -0.896. The maximum atomic E-state index is 12.9. The zero-order chi connectivity index (χ0) is 23.8. The number of methoxy groups -OCH3 is 2. The lowest BCUT2D eigenvalue weighted by atomic mass is 10.2. The maximum Gasteiger partial charge on any atom is 0.262 e. The van der Waals surface area contributed by atoms with E-state index in [0.29, 0.717) is 28.6 Å². The van der Waals surface area contributed by atoms with Crippen molar-refractivity contribution in [3.63, 3.8) is 0 Å². The van der Waals surface area contributed by atoms with E-state index in [2.05, 4.69) is 10.0 Å². The summed E-state index contributed by atoms with van der Waals surface area (Å²) in [5, 5.41) is 2.76. The molecule has 0 aromatic heterocycles. The molecule has 1 amide bonds. The number of hydrogen-bond donors (Lipinski definition) is 2. The maximum absolute atomic E-state index is 12.9. The SMILES string of the molecule is COc1ccccc1NS(=O)(=O)c1ccc(C)c(NC(=O)CCOc2ccccc2OC)c1. The van der Waals surface area contributed by atoms with E-state index in [1.54, 1.807) is 56.5 Å². The molecule has 33 heavy (non-hydrogen) atoms. The van der Waals surface area contributed by atoms with E-state index >= 15 is 0 Å². The van der Waals surface area contributed by atoms with Gasteiger partial charge in [0, 0.05) is 5.69 Å². The Labute approximate surface area is 193 Å². The zero-order valence-corrected chi connectivity index (χ0v) is 19.4. The van der Waals surface area contributed by atoms with Gasteiger partial charge in [-0.3, -0.25) is 9.52 Å². The summed E-state index contributed by atoms with van der Waals surface area (Å²) < 4.78 is 44.4. The molecule has 3 rings (SSSR count). The van der Waals surface area contributed by atoms with Crippen molar-refractivity contribution >= 4 is 27.3 Å². The highest BCUT2D eigenvalue weighted by molar-refractivity contribution is 7.92. The van der Waals surface area contributed by atoms with Gasteiger partial charge in [0.15, 0.2) is 11.5 Å². The molecular formula is C24H26N2O6S. The predicted octanol–water partition coefficient (Wildman–Crippen LogP) is 4.22. The monoisotopic (exact) mass is 470 g/mol. The number of anilines is 2. The van der Waals surface area contributed by atoms with Gasteiger partial charge < -0.3 is 19.5 Å². The Hall–Kier alpha value is -3.72. The first kappa shape index (κ1) is 23.9. The van der Waals surface area contributed by atoms with Gasteiger partial charge in [0.25, 0.3) is 10.0 Å². The summed E-state index contributed by atoms with van der Waals surface area (Å²) in [5.41, 5.74) is 1.45. The molecule has 0 atom stereocenters. The Morgan fingerprint density at radius 1 is 0.848 bits per heavy atom. The van der Waals surface area contributed by atoms with Crippen LogP contribution in [0.2, 0.25) is 0 Å². The van der Waals surface area contributed by atoms with Crippen molar-refractivity contribution in [3.8, 4) is 17.2 Å². The number of benzene rings is 3. The van der Waals surface area contributed by atoms with Crippen molar-refractivity contribution in [2.45, 2.75) is 18.2 Å². The first-order valence-electron chi connectivity index (χ1n) is 10.2. The van der Waals surface area contributed by atoms with Gasteiger partial charge in [0.05, 0.1) is 37.8 Å². The third kappa shape index (κ3) is 6.17. The van der Waals surface area contributed by atoms with Crippen LogP contribution in [0.5, 0.6) is 17.2 Å². The highest BCUT2D eigenvalue weighted by atomic mass is 32.2. The van der Waals surface area contributed by atoms with Crippen molar-refractivity contribution in [1.82, 2.24) is 0 Å². The summed E-state index contributed by atoms with van der Waals surface area (Å²) in [6.45, 7) is 1.92. The molecule has 0 saturated heterocycles.